The van der Waals surface area contributed by atoms with Crippen LogP contribution in [-0.4, -0.2) is 16.6 Å². The van der Waals surface area contributed by atoms with E-state index in [0.717, 1.165) is 5.39 Å². The molecule has 0 unspecified atom stereocenters. The molecular formula is C14H9Cl2NO3. The minimum atomic E-state index is -0.515. The quantitative estimate of drug-likeness (QED) is 0.700. The molecule has 4 nitrogen and oxygen atoms in total. The Hall–Kier alpha value is -1.91. The van der Waals surface area contributed by atoms with Gasteiger partial charge in [-0.25, -0.2) is 0 Å². The third kappa shape index (κ3) is 1.72. The number of methoxy groups -OCH3 is 1. The van der Waals surface area contributed by atoms with Crippen LogP contribution < -0.4 is 10.3 Å². The number of hydrogen-bond donors (Lipinski definition) is 1. The number of benzene rings is 1. The van der Waals surface area contributed by atoms with E-state index < -0.39 is 11.3 Å². The second-order valence-electron chi connectivity index (χ2n) is 4.26. The number of aromatic hydroxyl groups is 1. The molecular weight excluding hydrogens is 301 g/mol. The number of fused-ring (bicyclic) bond motifs is 3. The average Bonchev–Trinajstić information content (AvgIpc) is 2.49. The van der Waals surface area contributed by atoms with Gasteiger partial charge in [-0.05, 0) is 24.3 Å². The maximum atomic E-state index is 12.3. The first-order chi connectivity index (χ1) is 9.54. The van der Waals surface area contributed by atoms with E-state index in [4.69, 9.17) is 27.9 Å². The van der Waals surface area contributed by atoms with Gasteiger partial charge in [-0.2, -0.15) is 0 Å². The van der Waals surface area contributed by atoms with E-state index in [0.29, 0.717) is 16.8 Å². The second-order valence-corrected chi connectivity index (χ2v) is 5.02. The summed E-state index contributed by atoms with van der Waals surface area (Å²) in [6, 6.07) is 8.73. The molecule has 0 aliphatic carbocycles. The summed E-state index contributed by atoms with van der Waals surface area (Å²) in [5, 5.41) is 10.3. The van der Waals surface area contributed by atoms with Gasteiger partial charge in [-0.1, -0.05) is 29.3 Å². The van der Waals surface area contributed by atoms with E-state index in [2.05, 4.69) is 0 Å². The zero-order valence-corrected chi connectivity index (χ0v) is 11.9. The fourth-order valence-electron chi connectivity index (χ4n) is 2.18. The van der Waals surface area contributed by atoms with Crippen LogP contribution in [0.25, 0.3) is 16.4 Å². The van der Waals surface area contributed by atoms with Crippen molar-refractivity contribution in [1.29, 1.82) is 0 Å². The van der Waals surface area contributed by atoms with E-state index in [1.54, 1.807) is 37.4 Å². The standard InChI is InChI=1S/C14H9Cl2NO3/c1-20-8-3-5-9-7(6-8)2-4-10-11(15)13(18)12(16)14(19)17(9)10/h2-6,18H,1H3. The lowest BCUT2D eigenvalue weighted by Crippen LogP contribution is -2.15. The molecule has 0 aliphatic heterocycles. The Morgan fingerprint density at radius 3 is 2.50 bits per heavy atom. The molecule has 1 aromatic carbocycles. The minimum absolute atomic E-state index is 0.0484. The third-order valence-corrected chi connectivity index (χ3v) is 3.88. The van der Waals surface area contributed by atoms with Gasteiger partial charge in [0, 0.05) is 5.39 Å². The van der Waals surface area contributed by atoms with Crippen molar-refractivity contribution in [3.05, 3.63) is 50.7 Å². The van der Waals surface area contributed by atoms with E-state index in [9.17, 15) is 9.90 Å². The highest BCUT2D eigenvalue weighted by Crippen LogP contribution is 2.34. The average molecular weight is 310 g/mol. The van der Waals surface area contributed by atoms with Gasteiger partial charge in [0.15, 0.2) is 5.75 Å². The van der Waals surface area contributed by atoms with Crippen molar-refractivity contribution in [3.8, 4) is 11.5 Å². The Morgan fingerprint density at radius 2 is 1.80 bits per heavy atom. The molecule has 102 valence electrons. The summed E-state index contributed by atoms with van der Waals surface area (Å²) in [7, 11) is 1.57. The van der Waals surface area contributed by atoms with Gasteiger partial charge >= 0.3 is 0 Å². The molecule has 0 atom stereocenters. The van der Waals surface area contributed by atoms with Crippen LogP contribution >= 0.6 is 23.2 Å². The van der Waals surface area contributed by atoms with Crippen LogP contribution in [0.4, 0.5) is 0 Å². The molecule has 1 N–H and O–H groups in total. The number of nitrogens with zero attached hydrogens (tertiary/aromatic N) is 1. The lowest BCUT2D eigenvalue weighted by atomic mass is 10.2. The fourth-order valence-corrected chi connectivity index (χ4v) is 2.65. The summed E-state index contributed by atoms with van der Waals surface area (Å²) in [6.45, 7) is 0. The van der Waals surface area contributed by atoms with Crippen molar-refractivity contribution >= 4 is 39.6 Å². The van der Waals surface area contributed by atoms with Crippen molar-refractivity contribution in [2.75, 3.05) is 7.11 Å². The second kappa shape index (κ2) is 4.58. The van der Waals surface area contributed by atoms with E-state index in [1.165, 1.54) is 4.40 Å². The summed E-state index contributed by atoms with van der Waals surface area (Å²) in [5.74, 6) is 0.284. The first-order valence-corrected chi connectivity index (χ1v) is 6.49. The van der Waals surface area contributed by atoms with E-state index in [-0.39, 0.29) is 10.0 Å². The van der Waals surface area contributed by atoms with Gasteiger partial charge in [0.05, 0.1) is 18.1 Å². The minimum Gasteiger partial charge on any atom is -0.505 e. The normalized spacial score (nSPS) is 11.2. The molecule has 0 spiro atoms. The molecule has 0 saturated heterocycles. The Kier molecular flexibility index (Phi) is 3.00. The molecule has 2 heterocycles. The van der Waals surface area contributed by atoms with Crippen LogP contribution in [-0.2, 0) is 0 Å². The SMILES string of the molecule is COc1ccc2c(ccc3c(Cl)c(O)c(Cl)c(=O)n32)c1. The van der Waals surface area contributed by atoms with Crippen molar-refractivity contribution in [2.24, 2.45) is 0 Å². The summed E-state index contributed by atoms with van der Waals surface area (Å²) in [5.41, 5.74) is 0.521. The lowest BCUT2D eigenvalue weighted by Gasteiger charge is -2.10. The van der Waals surface area contributed by atoms with Crippen LogP contribution in [0.1, 0.15) is 0 Å². The predicted molar refractivity (Wildman–Crippen MR) is 79.4 cm³/mol. The Labute approximate surface area is 123 Å². The zero-order chi connectivity index (χ0) is 14.4. The van der Waals surface area contributed by atoms with Gasteiger partial charge in [0.2, 0.25) is 0 Å². The number of ether oxygens (including phenoxy) is 1. The maximum absolute atomic E-state index is 12.3. The van der Waals surface area contributed by atoms with E-state index in [1.807, 2.05) is 0 Å². The molecule has 3 rings (SSSR count). The lowest BCUT2D eigenvalue weighted by molar-refractivity contribution is 0.415. The van der Waals surface area contributed by atoms with Crippen LogP contribution in [0.2, 0.25) is 10.0 Å². The zero-order valence-electron chi connectivity index (χ0n) is 10.4. The van der Waals surface area contributed by atoms with Crippen molar-refractivity contribution in [2.45, 2.75) is 0 Å². The largest absolute Gasteiger partial charge is 0.505 e. The van der Waals surface area contributed by atoms with Gasteiger partial charge in [0.25, 0.3) is 5.56 Å². The summed E-state index contributed by atoms with van der Waals surface area (Å²) >= 11 is 11.9. The smallest absolute Gasteiger partial charge is 0.278 e. The van der Waals surface area contributed by atoms with Gasteiger partial charge < -0.3 is 9.84 Å². The maximum Gasteiger partial charge on any atom is 0.278 e. The topological polar surface area (TPSA) is 50.9 Å². The molecule has 3 aromatic rings. The van der Waals surface area contributed by atoms with Crippen molar-refractivity contribution in [3.63, 3.8) is 0 Å². The molecule has 0 radical (unpaired) electrons. The van der Waals surface area contributed by atoms with Crippen LogP contribution in [0.15, 0.2) is 35.1 Å². The van der Waals surface area contributed by atoms with Crippen LogP contribution in [0.3, 0.4) is 0 Å². The fraction of sp³-hybridized carbons (Fsp3) is 0.0714. The molecule has 0 amide bonds. The third-order valence-electron chi connectivity index (χ3n) is 3.17. The monoisotopic (exact) mass is 309 g/mol. The predicted octanol–water partition coefficient (Wildman–Crippen LogP) is 3.47. The molecule has 0 bridgehead atoms. The molecule has 0 fully saturated rings. The van der Waals surface area contributed by atoms with Gasteiger partial charge in [-0.15, -0.1) is 0 Å². The van der Waals surface area contributed by atoms with Crippen molar-refractivity contribution in [1.82, 2.24) is 4.40 Å². The number of rotatable bonds is 1. The summed E-state index contributed by atoms with van der Waals surface area (Å²) in [6.07, 6.45) is 0. The number of aromatic nitrogens is 1. The first kappa shape index (κ1) is 13.1. The van der Waals surface area contributed by atoms with Crippen LogP contribution in [0.5, 0.6) is 11.5 Å². The summed E-state index contributed by atoms with van der Waals surface area (Å²) in [4.78, 5) is 12.3. The number of halogens is 2. The summed E-state index contributed by atoms with van der Waals surface area (Å²) < 4.78 is 6.53. The highest BCUT2D eigenvalue weighted by atomic mass is 35.5. The molecule has 2 aromatic heterocycles. The van der Waals surface area contributed by atoms with E-state index >= 15 is 0 Å². The molecule has 20 heavy (non-hydrogen) atoms. The Bertz CT molecular complexity index is 902. The highest BCUT2D eigenvalue weighted by molar-refractivity contribution is 6.39. The van der Waals surface area contributed by atoms with Gasteiger partial charge in [-0.3, -0.25) is 9.20 Å². The Balaban J connectivity index is 2.57. The number of pyridine rings is 2. The molecule has 6 heteroatoms. The molecule has 0 saturated carbocycles. The van der Waals surface area contributed by atoms with Crippen LogP contribution in [0, 0.1) is 0 Å². The molecule has 0 aliphatic rings. The highest BCUT2D eigenvalue weighted by Gasteiger charge is 2.16. The number of hydrogen-bond acceptors (Lipinski definition) is 3. The first-order valence-electron chi connectivity index (χ1n) is 5.74. The van der Waals surface area contributed by atoms with Gasteiger partial charge in [0.1, 0.15) is 15.8 Å². The van der Waals surface area contributed by atoms with Crippen molar-refractivity contribution < 1.29 is 9.84 Å². The Morgan fingerprint density at radius 1 is 1.10 bits per heavy atom.